The average molecular weight is 436 g/mol. The molecule has 1 fully saturated rings. The maximum absolute atomic E-state index is 13.2. The van der Waals surface area contributed by atoms with Gasteiger partial charge in [-0.15, -0.1) is 12.4 Å². The molecule has 2 heterocycles. The fourth-order valence-electron chi connectivity index (χ4n) is 3.65. The van der Waals surface area contributed by atoms with Crippen molar-refractivity contribution in [3.8, 4) is 5.75 Å². The Morgan fingerprint density at radius 2 is 1.97 bits per heavy atom. The quantitative estimate of drug-likeness (QED) is 0.664. The van der Waals surface area contributed by atoms with Crippen LogP contribution in [0.15, 0.2) is 42.7 Å². The number of piperidine rings is 1. The Kier molecular flexibility index (Phi) is 8.68. The van der Waals surface area contributed by atoms with E-state index in [9.17, 15) is 9.59 Å². The molecule has 0 saturated carbocycles. The summed E-state index contributed by atoms with van der Waals surface area (Å²) in [6, 6.07) is 8.97. The molecule has 1 aromatic heterocycles. The van der Waals surface area contributed by atoms with Crippen molar-refractivity contribution >= 4 is 29.9 Å². The highest BCUT2D eigenvalue weighted by atomic mass is 35.5. The van der Waals surface area contributed by atoms with E-state index in [0.717, 1.165) is 13.1 Å². The Bertz CT molecular complexity index is 818. The lowest BCUT2D eigenvalue weighted by Gasteiger charge is -2.36. The number of likely N-dealkylation sites (N-methyl/N-ethyl adjacent to an activating group) is 1. The van der Waals surface area contributed by atoms with Gasteiger partial charge in [-0.1, -0.05) is 6.07 Å². The predicted octanol–water partition coefficient (Wildman–Crippen LogP) is 2.27. The van der Waals surface area contributed by atoms with Crippen molar-refractivity contribution in [1.29, 1.82) is 0 Å². The number of hydrogen-bond acceptors (Lipinski definition) is 5. The van der Waals surface area contributed by atoms with Gasteiger partial charge in [-0.2, -0.15) is 5.10 Å². The zero-order valence-corrected chi connectivity index (χ0v) is 18.3. The molecule has 164 valence electrons. The van der Waals surface area contributed by atoms with E-state index in [2.05, 4.69) is 15.7 Å². The van der Waals surface area contributed by atoms with Crippen molar-refractivity contribution in [2.75, 3.05) is 38.1 Å². The summed E-state index contributed by atoms with van der Waals surface area (Å²) in [5.41, 5.74) is -0.0857. The molecule has 2 N–H and O–H groups in total. The molecule has 0 bridgehead atoms. The molecule has 1 saturated heterocycles. The van der Waals surface area contributed by atoms with Crippen molar-refractivity contribution in [2.45, 2.75) is 32.2 Å². The first-order valence-corrected chi connectivity index (χ1v) is 10.1. The predicted molar refractivity (Wildman–Crippen MR) is 118 cm³/mol. The molecule has 3 rings (SSSR count). The normalized spacial score (nSPS) is 15.0. The maximum atomic E-state index is 13.2. The molecular weight excluding hydrogens is 406 g/mol. The van der Waals surface area contributed by atoms with E-state index in [0.29, 0.717) is 37.4 Å². The number of rotatable bonds is 8. The second-order valence-corrected chi connectivity index (χ2v) is 7.07. The van der Waals surface area contributed by atoms with Crippen LogP contribution in [0.5, 0.6) is 5.75 Å². The van der Waals surface area contributed by atoms with E-state index < -0.39 is 5.54 Å². The summed E-state index contributed by atoms with van der Waals surface area (Å²) < 4.78 is 7.40. The highest BCUT2D eigenvalue weighted by molar-refractivity contribution is 5.97. The number of hydrogen-bond donors (Lipinski definition) is 2. The van der Waals surface area contributed by atoms with Gasteiger partial charge >= 0.3 is 0 Å². The molecule has 1 aliphatic heterocycles. The number of benzene rings is 1. The minimum Gasteiger partial charge on any atom is -0.484 e. The lowest BCUT2D eigenvalue weighted by Crippen LogP contribution is -2.52. The summed E-state index contributed by atoms with van der Waals surface area (Å²) in [6.07, 6.45) is 4.85. The van der Waals surface area contributed by atoms with E-state index in [-0.39, 0.29) is 30.8 Å². The molecule has 9 heteroatoms. The molecule has 2 aromatic rings. The molecule has 0 radical (unpaired) electrons. The van der Waals surface area contributed by atoms with Crippen molar-refractivity contribution < 1.29 is 14.3 Å². The molecule has 0 aliphatic carbocycles. The van der Waals surface area contributed by atoms with Crippen LogP contribution in [0.25, 0.3) is 0 Å². The van der Waals surface area contributed by atoms with Crippen LogP contribution in [0.2, 0.25) is 0 Å². The number of carbonyl (C=O) groups is 2. The number of carbonyl (C=O) groups excluding carboxylic acids is 2. The van der Waals surface area contributed by atoms with Gasteiger partial charge in [0.15, 0.2) is 6.61 Å². The number of anilines is 1. The zero-order valence-electron chi connectivity index (χ0n) is 17.5. The summed E-state index contributed by atoms with van der Waals surface area (Å²) in [7, 11) is 0. The van der Waals surface area contributed by atoms with Crippen molar-refractivity contribution in [3.63, 3.8) is 0 Å². The third-order valence-corrected chi connectivity index (χ3v) is 5.37. The van der Waals surface area contributed by atoms with E-state index >= 15 is 0 Å². The van der Waals surface area contributed by atoms with Crippen LogP contribution >= 0.6 is 12.4 Å². The Labute approximate surface area is 183 Å². The summed E-state index contributed by atoms with van der Waals surface area (Å²) >= 11 is 0. The Balaban J connectivity index is 0.00000320. The third kappa shape index (κ3) is 5.31. The molecule has 1 aromatic carbocycles. The standard InChI is InChI=1S/C21H29N5O3.ClH/c1-3-25(4-2)19(27)16-29-18-8-5-7-17(15-18)24-20(28)21(9-12-22-13-10-21)26-14-6-11-23-26;/h5-8,11,14-15,22H,3-4,9-10,12-13,16H2,1-2H3,(H,24,28);1H. The van der Waals surface area contributed by atoms with E-state index in [4.69, 9.17) is 4.74 Å². The van der Waals surface area contributed by atoms with E-state index in [1.54, 1.807) is 34.0 Å². The van der Waals surface area contributed by atoms with Crippen molar-refractivity contribution in [2.24, 2.45) is 0 Å². The van der Waals surface area contributed by atoms with Gasteiger partial charge in [0.25, 0.3) is 11.8 Å². The highest BCUT2D eigenvalue weighted by Gasteiger charge is 2.42. The van der Waals surface area contributed by atoms with Crippen LogP contribution < -0.4 is 15.4 Å². The summed E-state index contributed by atoms with van der Waals surface area (Å²) in [6.45, 7) is 6.66. The zero-order chi connectivity index (χ0) is 20.7. The Morgan fingerprint density at radius 3 is 2.60 bits per heavy atom. The number of nitrogens with one attached hydrogen (secondary N) is 2. The number of aromatic nitrogens is 2. The van der Waals surface area contributed by atoms with Gasteiger partial charge in [-0.3, -0.25) is 14.3 Å². The molecule has 8 nitrogen and oxygen atoms in total. The summed E-state index contributed by atoms with van der Waals surface area (Å²) in [5, 5.41) is 10.6. The average Bonchev–Trinajstić information content (AvgIpc) is 3.29. The topological polar surface area (TPSA) is 88.5 Å². The minimum absolute atomic E-state index is 0. The molecule has 0 atom stereocenters. The van der Waals surface area contributed by atoms with E-state index in [1.807, 2.05) is 32.2 Å². The van der Waals surface area contributed by atoms with Crippen LogP contribution in [0.1, 0.15) is 26.7 Å². The molecule has 30 heavy (non-hydrogen) atoms. The number of halogens is 1. The monoisotopic (exact) mass is 435 g/mol. The lowest BCUT2D eigenvalue weighted by atomic mass is 9.87. The summed E-state index contributed by atoms with van der Waals surface area (Å²) in [5.74, 6) is 0.387. The number of amides is 2. The van der Waals surface area contributed by atoms with Crippen LogP contribution in [-0.2, 0) is 15.1 Å². The fourth-order valence-corrected chi connectivity index (χ4v) is 3.65. The van der Waals surface area contributed by atoms with Crippen LogP contribution in [0.4, 0.5) is 5.69 Å². The second-order valence-electron chi connectivity index (χ2n) is 7.07. The van der Waals surface area contributed by atoms with Gasteiger partial charge in [0, 0.05) is 37.2 Å². The van der Waals surface area contributed by atoms with Gasteiger partial charge in [-0.25, -0.2) is 0 Å². The Hall–Kier alpha value is -2.58. The van der Waals surface area contributed by atoms with Gasteiger partial charge in [0.1, 0.15) is 11.3 Å². The SMILES string of the molecule is CCN(CC)C(=O)COc1cccc(NC(=O)C2(n3cccn3)CCNCC2)c1.Cl. The first-order chi connectivity index (χ1) is 14.1. The molecule has 1 aliphatic rings. The van der Waals surface area contributed by atoms with Gasteiger partial charge in [0.2, 0.25) is 0 Å². The minimum atomic E-state index is -0.718. The van der Waals surface area contributed by atoms with Gasteiger partial charge < -0.3 is 20.3 Å². The molecular formula is C21H30ClN5O3. The number of nitrogens with zero attached hydrogens (tertiary/aromatic N) is 3. The lowest BCUT2D eigenvalue weighted by molar-refractivity contribution is -0.133. The summed E-state index contributed by atoms with van der Waals surface area (Å²) in [4.78, 5) is 27.1. The van der Waals surface area contributed by atoms with Crippen molar-refractivity contribution in [1.82, 2.24) is 20.0 Å². The molecule has 0 spiro atoms. The fraction of sp³-hybridized carbons (Fsp3) is 0.476. The van der Waals surface area contributed by atoms with Crippen LogP contribution in [0, 0.1) is 0 Å². The third-order valence-electron chi connectivity index (χ3n) is 5.37. The Morgan fingerprint density at radius 1 is 1.23 bits per heavy atom. The first kappa shape index (κ1) is 23.7. The first-order valence-electron chi connectivity index (χ1n) is 10.1. The number of ether oxygens (including phenoxy) is 1. The van der Waals surface area contributed by atoms with Gasteiger partial charge in [0.05, 0.1) is 0 Å². The van der Waals surface area contributed by atoms with Crippen molar-refractivity contribution in [3.05, 3.63) is 42.7 Å². The largest absolute Gasteiger partial charge is 0.484 e. The second kappa shape index (κ2) is 11.0. The molecule has 0 unspecified atom stereocenters. The highest BCUT2D eigenvalue weighted by Crippen LogP contribution is 2.29. The smallest absolute Gasteiger partial charge is 0.260 e. The van der Waals surface area contributed by atoms with Crippen LogP contribution in [-0.4, -0.2) is 59.3 Å². The van der Waals surface area contributed by atoms with Crippen LogP contribution in [0.3, 0.4) is 0 Å². The molecule has 2 amide bonds. The maximum Gasteiger partial charge on any atom is 0.260 e. The van der Waals surface area contributed by atoms with Gasteiger partial charge in [-0.05, 0) is 58.0 Å². The van der Waals surface area contributed by atoms with E-state index in [1.165, 1.54) is 0 Å².